The number of nitrogens with zero attached hydrogens (tertiary/aromatic N) is 2. The maximum atomic E-state index is 12.6. The summed E-state index contributed by atoms with van der Waals surface area (Å²) in [7, 11) is 0. The molecular formula is C17H30N4O4. The molecule has 0 radical (unpaired) electrons. The molecule has 2 aliphatic rings. The number of hydrogen-bond acceptors (Lipinski definition) is 5. The smallest absolute Gasteiger partial charge is 0.223 e. The van der Waals surface area contributed by atoms with Crippen molar-refractivity contribution in [3.63, 3.8) is 0 Å². The van der Waals surface area contributed by atoms with Crippen LogP contribution in [-0.4, -0.2) is 79.5 Å². The molecule has 1 atom stereocenters. The molecule has 2 fully saturated rings. The van der Waals surface area contributed by atoms with Gasteiger partial charge in [-0.3, -0.25) is 14.4 Å². The van der Waals surface area contributed by atoms with Crippen LogP contribution in [-0.2, 0) is 19.1 Å². The van der Waals surface area contributed by atoms with Gasteiger partial charge in [0, 0.05) is 58.0 Å². The largest absolute Gasteiger partial charge is 0.378 e. The lowest BCUT2D eigenvalue weighted by Crippen LogP contribution is -2.49. The van der Waals surface area contributed by atoms with E-state index in [0.717, 1.165) is 19.3 Å². The van der Waals surface area contributed by atoms with Crippen molar-refractivity contribution in [1.29, 1.82) is 0 Å². The van der Waals surface area contributed by atoms with Gasteiger partial charge in [0.15, 0.2) is 0 Å². The quantitative estimate of drug-likeness (QED) is 0.640. The van der Waals surface area contributed by atoms with Crippen LogP contribution in [0.25, 0.3) is 0 Å². The molecule has 25 heavy (non-hydrogen) atoms. The summed E-state index contributed by atoms with van der Waals surface area (Å²) in [5.74, 6) is -0.0659. The third-order valence-electron chi connectivity index (χ3n) is 4.77. The second-order valence-electron chi connectivity index (χ2n) is 6.57. The standard InChI is InChI=1S/C17H30N4O4/c18-7-6-15(22)19-13-14-3-1-2-8-21(14)17(24)5-4-16(23)20-9-11-25-12-10-20/h14H,1-13,18H2,(H,19,22). The Morgan fingerprint density at radius 3 is 2.44 bits per heavy atom. The summed E-state index contributed by atoms with van der Waals surface area (Å²) in [5, 5.41) is 2.85. The van der Waals surface area contributed by atoms with Crippen molar-refractivity contribution >= 4 is 17.7 Å². The molecule has 8 nitrogen and oxygen atoms in total. The lowest BCUT2D eigenvalue weighted by molar-refractivity contribution is -0.141. The fourth-order valence-corrected chi connectivity index (χ4v) is 3.32. The highest BCUT2D eigenvalue weighted by molar-refractivity contribution is 5.84. The van der Waals surface area contributed by atoms with E-state index in [0.29, 0.717) is 52.4 Å². The van der Waals surface area contributed by atoms with Gasteiger partial charge in [0.1, 0.15) is 0 Å². The summed E-state index contributed by atoms with van der Waals surface area (Å²) in [4.78, 5) is 39.9. The van der Waals surface area contributed by atoms with Crippen molar-refractivity contribution < 1.29 is 19.1 Å². The molecule has 3 N–H and O–H groups in total. The number of nitrogens with one attached hydrogen (secondary N) is 1. The van der Waals surface area contributed by atoms with Crippen LogP contribution in [0.1, 0.15) is 38.5 Å². The number of likely N-dealkylation sites (tertiary alicyclic amines) is 1. The second kappa shape index (κ2) is 10.4. The zero-order valence-electron chi connectivity index (χ0n) is 14.9. The maximum Gasteiger partial charge on any atom is 0.223 e. The molecule has 0 spiro atoms. The number of carbonyl (C=O) groups excluding carboxylic acids is 3. The fraction of sp³-hybridized carbons (Fsp3) is 0.824. The molecule has 0 aromatic heterocycles. The highest BCUT2D eigenvalue weighted by Crippen LogP contribution is 2.18. The van der Waals surface area contributed by atoms with Crippen molar-refractivity contribution in [3.8, 4) is 0 Å². The van der Waals surface area contributed by atoms with Gasteiger partial charge in [-0.15, -0.1) is 0 Å². The van der Waals surface area contributed by atoms with Crippen molar-refractivity contribution in [2.24, 2.45) is 5.73 Å². The molecule has 2 heterocycles. The first-order chi connectivity index (χ1) is 12.1. The molecule has 1 unspecified atom stereocenters. The minimum Gasteiger partial charge on any atom is -0.378 e. The minimum atomic E-state index is -0.0806. The Morgan fingerprint density at radius 2 is 1.72 bits per heavy atom. The van der Waals surface area contributed by atoms with Gasteiger partial charge in [-0.05, 0) is 19.3 Å². The summed E-state index contributed by atoms with van der Waals surface area (Å²) in [6, 6.07) is 0.0152. The molecule has 8 heteroatoms. The van der Waals surface area contributed by atoms with E-state index in [1.807, 2.05) is 4.90 Å². The summed E-state index contributed by atoms with van der Waals surface area (Å²) in [6.45, 7) is 3.82. The van der Waals surface area contributed by atoms with Gasteiger partial charge in [-0.25, -0.2) is 0 Å². The molecule has 0 aromatic rings. The monoisotopic (exact) mass is 354 g/mol. The summed E-state index contributed by atoms with van der Waals surface area (Å²) in [6.07, 6.45) is 3.66. The van der Waals surface area contributed by atoms with E-state index in [9.17, 15) is 14.4 Å². The van der Waals surface area contributed by atoms with Gasteiger partial charge in [0.05, 0.1) is 13.2 Å². The highest BCUT2D eigenvalue weighted by Gasteiger charge is 2.27. The number of carbonyl (C=O) groups is 3. The number of amides is 3. The van der Waals surface area contributed by atoms with E-state index in [4.69, 9.17) is 10.5 Å². The second-order valence-corrected chi connectivity index (χ2v) is 6.57. The molecule has 0 bridgehead atoms. The molecule has 0 saturated carbocycles. The average molecular weight is 354 g/mol. The zero-order valence-corrected chi connectivity index (χ0v) is 14.9. The Hall–Kier alpha value is -1.67. The highest BCUT2D eigenvalue weighted by atomic mass is 16.5. The van der Waals surface area contributed by atoms with Crippen LogP contribution in [0, 0.1) is 0 Å². The first kappa shape index (κ1) is 19.7. The Bertz CT molecular complexity index is 466. The van der Waals surface area contributed by atoms with Gasteiger partial charge in [0.2, 0.25) is 17.7 Å². The summed E-state index contributed by atoms with van der Waals surface area (Å²) >= 11 is 0. The van der Waals surface area contributed by atoms with Gasteiger partial charge in [-0.1, -0.05) is 0 Å². The van der Waals surface area contributed by atoms with E-state index in [2.05, 4.69) is 5.32 Å². The van der Waals surface area contributed by atoms with E-state index >= 15 is 0 Å². The number of nitrogens with two attached hydrogens (primary N) is 1. The van der Waals surface area contributed by atoms with E-state index in [-0.39, 0.29) is 36.6 Å². The number of rotatable bonds is 7. The van der Waals surface area contributed by atoms with Crippen LogP contribution in [0.4, 0.5) is 0 Å². The SMILES string of the molecule is NCCC(=O)NCC1CCCCN1C(=O)CCC(=O)N1CCOCC1. The Morgan fingerprint density at radius 1 is 1.00 bits per heavy atom. The number of hydrogen-bond donors (Lipinski definition) is 2. The molecule has 3 amide bonds. The minimum absolute atomic E-state index is 0.000571. The molecular weight excluding hydrogens is 324 g/mol. The van der Waals surface area contributed by atoms with E-state index in [1.54, 1.807) is 4.90 Å². The third kappa shape index (κ3) is 6.28. The lowest BCUT2D eigenvalue weighted by Gasteiger charge is -2.36. The molecule has 142 valence electrons. The normalized spacial score (nSPS) is 21.1. The average Bonchev–Trinajstić information content (AvgIpc) is 2.65. The number of morpholine rings is 1. The Kier molecular flexibility index (Phi) is 8.14. The first-order valence-electron chi connectivity index (χ1n) is 9.23. The van der Waals surface area contributed by atoms with Crippen LogP contribution in [0.15, 0.2) is 0 Å². The summed E-state index contributed by atoms with van der Waals surface area (Å²) in [5.41, 5.74) is 5.37. The van der Waals surface area contributed by atoms with Crippen LogP contribution in [0.3, 0.4) is 0 Å². The van der Waals surface area contributed by atoms with Gasteiger partial charge in [-0.2, -0.15) is 0 Å². The van der Waals surface area contributed by atoms with Crippen molar-refractivity contribution in [3.05, 3.63) is 0 Å². The predicted molar refractivity (Wildman–Crippen MR) is 92.7 cm³/mol. The van der Waals surface area contributed by atoms with Gasteiger partial charge in [0.25, 0.3) is 0 Å². The van der Waals surface area contributed by atoms with Crippen molar-refractivity contribution in [2.75, 3.05) is 45.9 Å². The molecule has 2 aliphatic heterocycles. The fourth-order valence-electron chi connectivity index (χ4n) is 3.32. The molecule has 2 rings (SSSR count). The predicted octanol–water partition coefficient (Wildman–Crippen LogP) is -0.528. The number of piperidine rings is 1. The van der Waals surface area contributed by atoms with E-state index < -0.39 is 0 Å². The zero-order chi connectivity index (χ0) is 18.1. The van der Waals surface area contributed by atoms with Crippen LogP contribution >= 0.6 is 0 Å². The topological polar surface area (TPSA) is 105 Å². The molecule has 0 aromatic carbocycles. The van der Waals surface area contributed by atoms with Crippen LogP contribution in [0.2, 0.25) is 0 Å². The van der Waals surface area contributed by atoms with Gasteiger partial charge >= 0.3 is 0 Å². The molecule has 2 saturated heterocycles. The van der Waals surface area contributed by atoms with Crippen LogP contribution < -0.4 is 11.1 Å². The summed E-state index contributed by atoms with van der Waals surface area (Å²) < 4.78 is 5.24. The molecule has 0 aliphatic carbocycles. The third-order valence-corrected chi connectivity index (χ3v) is 4.77. The van der Waals surface area contributed by atoms with Crippen molar-refractivity contribution in [2.45, 2.75) is 44.6 Å². The van der Waals surface area contributed by atoms with E-state index in [1.165, 1.54) is 0 Å². The lowest BCUT2D eigenvalue weighted by atomic mass is 10.0. The first-order valence-corrected chi connectivity index (χ1v) is 9.23. The maximum absolute atomic E-state index is 12.6. The Balaban J connectivity index is 1.78. The number of ether oxygens (including phenoxy) is 1. The van der Waals surface area contributed by atoms with Crippen LogP contribution in [0.5, 0.6) is 0 Å². The van der Waals surface area contributed by atoms with Crippen molar-refractivity contribution in [1.82, 2.24) is 15.1 Å². The van der Waals surface area contributed by atoms with Gasteiger partial charge < -0.3 is 25.6 Å². The Labute approximate surface area is 149 Å².